The molecule has 0 aliphatic carbocycles. The zero-order valence-electron chi connectivity index (χ0n) is 7.45. The second kappa shape index (κ2) is 7.62. The normalized spacial score (nSPS) is 12.2. The number of nitrogens with zero attached hydrogens (tertiary/aromatic N) is 1. The largest absolute Gasteiger partial charge is 0.399 e. The lowest BCUT2D eigenvalue weighted by atomic mass is 10.2. The van der Waals surface area contributed by atoms with E-state index in [0.29, 0.717) is 5.57 Å². The third-order valence-electron chi connectivity index (χ3n) is 1.11. The average Bonchev–Trinajstić information content (AvgIpc) is 2.11. The van der Waals surface area contributed by atoms with Crippen molar-refractivity contribution in [2.24, 2.45) is 5.16 Å². The number of rotatable bonds is 4. The van der Waals surface area contributed by atoms with Crippen LogP contribution in [0.1, 0.15) is 13.3 Å². The first-order valence-corrected chi connectivity index (χ1v) is 3.75. The average molecular weight is 163 g/mol. The van der Waals surface area contributed by atoms with Crippen molar-refractivity contribution in [3.63, 3.8) is 0 Å². The highest BCUT2D eigenvalue weighted by Crippen LogP contribution is 1.90. The number of terminal acetylenes is 1. The Bertz CT molecular complexity index is 231. The maximum atomic E-state index is 5.20. The minimum atomic E-state index is 0.696. The zero-order valence-corrected chi connectivity index (χ0v) is 7.45. The second-order valence-corrected chi connectivity index (χ2v) is 2.02. The maximum Gasteiger partial charge on any atom is 0.106 e. The summed E-state index contributed by atoms with van der Waals surface area (Å²) in [6, 6.07) is 0. The minimum absolute atomic E-state index is 0.696. The van der Waals surface area contributed by atoms with Crippen LogP contribution in [0, 0.1) is 12.3 Å². The van der Waals surface area contributed by atoms with E-state index in [1.807, 2.05) is 18.2 Å². The van der Waals surface area contributed by atoms with Gasteiger partial charge in [0.25, 0.3) is 0 Å². The fourth-order valence-corrected chi connectivity index (χ4v) is 0.546. The van der Waals surface area contributed by atoms with Gasteiger partial charge in [-0.2, -0.15) is 0 Å². The predicted octanol–water partition coefficient (Wildman–Crippen LogP) is 2.14. The minimum Gasteiger partial charge on any atom is -0.399 e. The third-order valence-corrected chi connectivity index (χ3v) is 1.11. The first-order valence-electron chi connectivity index (χ1n) is 3.75. The molecule has 0 aromatic rings. The molecule has 0 aromatic heterocycles. The Hall–Kier alpha value is -1.49. The van der Waals surface area contributed by atoms with Crippen molar-refractivity contribution in [3.05, 3.63) is 23.8 Å². The first-order chi connectivity index (χ1) is 5.85. The van der Waals surface area contributed by atoms with Crippen molar-refractivity contribution in [1.82, 2.24) is 0 Å². The van der Waals surface area contributed by atoms with Crippen molar-refractivity contribution in [3.8, 4) is 12.3 Å². The van der Waals surface area contributed by atoms with E-state index < -0.39 is 0 Å². The van der Waals surface area contributed by atoms with E-state index in [0.717, 1.165) is 6.42 Å². The number of oxime groups is 1. The van der Waals surface area contributed by atoms with Gasteiger partial charge < -0.3 is 4.84 Å². The van der Waals surface area contributed by atoms with E-state index in [-0.39, 0.29) is 0 Å². The van der Waals surface area contributed by atoms with Crippen LogP contribution in [0.25, 0.3) is 0 Å². The molecule has 0 heterocycles. The van der Waals surface area contributed by atoms with Crippen molar-refractivity contribution in [2.75, 3.05) is 7.11 Å². The van der Waals surface area contributed by atoms with Crippen LogP contribution in [-0.4, -0.2) is 13.3 Å². The van der Waals surface area contributed by atoms with E-state index in [9.17, 15) is 0 Å². The second-order valence-electron chi connectivity index (χ2n) is 2.02. The van der Waals surface area contributed by atoms with E-state index in [1.165, 1.54) is 13.3 Å². The molecule has 0 radical (unpaired) electrons. The molecule has 64 valence electrons. The summed E-state index contributed by atoms with van der Waals surface area (Å²) in [7, 11) is 1.48. The fourth-order valence-electron chi connectivity index (χ4n) is 0.546. The molecule has 2 nitrogen and oxygen atoms in total. The van der Waals surface area contributed by atoms with Gasteiger partial charge in [0.05, 0.1) is 6.21 Å². The molecule has 0 saturated heterocycles. The standard InChI is InChI=1S/C10H13NO/c1-4-6-7-8-10(5-2)9-11-12-3/h2,6-9H,4H2,1,3H3/b7-6-,10-8+,11-9-. The van der Waals surface area contributed by atoms with Gasteiger partial charge >= 0.3 is 0 Å². The molecule has 0 bridgehead atoms. The van der Waals surface area contributed by atoms with Crippen LogP contribution >= 0.6 is 0 Å². The molecule has 0 atom stereocenters. The van der Waals surface area contributed by atoms with Gasteiger partial charge in [-0.05, 0) is 12.5 Å². The molecule has 0 N–H and O–H groups in total. The van der Waals surface area contributed by atoms with E-state index in [1.54, 1.807) is 0 Å². The molecule has 0 aliphatic heterocycles. The SMILES string of the molecule is C#CC(/C=N\OC)=C\C=C/CC. The summed E-state index contributed by atoms with van der Waals surface area (Å²) in [6.45, 7) is 2.06. The van der Waals surface area contributed by atoms with Crippen LogP contribution < -0.4 is 0 Å². The van der Waals surface area contributed by atoms with Gasteiger partial charge in [0.2, 0.25) is 0 Å². The molecule has 0 saturated carbocycles. The van der Waals surface area contributed by atoms with Crippen molar-refractivity contribution >= 4 is 6.21 Å². The molecule has 0 aliphatic rings. The lowest BCUT2D eigenvalue weighted by Crippen LogP contribution is -1.80. The summed E-state index contributed by atoms with van der Waals surface area (Å²) in [5, 5.41) is 3.55. The lowest BCUT2D eigenvalue weighted by molar-refractivity contribution is 0.215. The molecule has 0 unspecified atom stereocenters. The van der Waals surface area contributed by atoms with Crippen molar-refractivity contribution < 1.29 is 4.84 Å². The van der Waals surface area contributed by atoms with Gasteiger partial charge in [0.15, 0.2) is 0 Å². The van der Waals surface area contributed by atoms with Gasteiger partial charge in [-0.1, -0.05) is 30.2 Å². The Morgan fingerprint density at radius 3 is 2.92 bits per heavy atom. The number of allylic oxidation sites excluding steroid dienone is 4. The van der Waals surface area contributed by atoms with Crippen molar-refractivity contribution in [1.29, 1.82) is 0 Å². The summed E-state index contributed by atoms with van der Waals surface area (Å²) >= 11 is 0. The molecule has 2 heteroatoms. The number of hydrogen-bond donors (Lipinski definition) is 0. The Labute approximate surface area is 73.6 Å². The van der Waals surface area contributed by atoms with Crippen LogP contribution in [0.2, 0.25) is 0 Å². The van der Waals surface area contributed by atoms with Gasteiger partial charge in [0.1, 0.15) is 7.11 Å². The lowest BCUT2D eigenvalue weighted by Gasteiger charge is -1.86. The van der Waals surface area contributed by atoms with Crippen LogP contribution in [0.3, 0.4) is 0 Å². The van der Waals surface area contributed by atoms with Crippen LogP contribution in [0.5, 0.6) is 0 Å². The topological polar surface area (TPSA) is 21.6 Å². The highest BCUT2D eigenvalue weighted by atomic mass is 16.6. The van der Waals surface area contributed by atoms with Crippen LogP contribution in [0.4, 0.5) is 0 Å². The quantitative estimate of drug-likeness (QED) is 0.269. The molecule has 0 aromatic carbocycles. The molecule has 0 spiro atoms. The Morgan fingerprint density at radius 1 is 1.67 bits per heavy atom. The monoisotopic (exact) mass is 163 g/mol. The summed E-state index contributed by atoms with van der Waals surface area (Å²) < 4.78 is 0. The van der Waals surface area contributed by atoms with Crippen LogP contribution in [-0.2, 0) is 4.84 Å². The third kappa shape index (κ3) is 5.31. The molecular weight excluding hydrogens is 150 g/mol. The van der Waals surface area contributed by atoms with Crippen molar-refractivity contribution in [2.45, 2.75) is 13.3 Å². The maximum absolute atomic E-state index is 5.20. The highest BCUT2D eigenvalue weighted by molar-refractivity contribution is 5.84. The van der Waals surface area contributed by atoms with Gasteiger partial charge in [-0.25, -0.2) is 0 Å². The predicted molar refractivity (Wildman–Crippen MR) is 51.8 cm³/mol. The van der Waals surface area contributed by atoms with Gasteiger partial charge in [-0.3, -0.25) is 0 Å². The Balaban J connectivity index is 4.16. The molecular formula is C10H13NO. The first kappa shape index (κ1) is 10.5. The fraction of sp³-hybridized carbons (Fsp3) is 0.300. The molecule has 0 amide bonds. The van der Waals surface area contributed by atoms with E-state index in [4.69, 9.17) is 6.42 Å². The highest BCUT2D eigenvalue weighted by Gasteiger charge is 1.82. The molecule has 12 heavy (non-hydrogen) atoms. The summed E-state index contributed by atoms with van der Waals surface area (Å²) in [4.78, 5) is 4.49. The van der Waals surface area contributed by atoms with E-state index >= 15 is 0 Å². The van der Waals surface area contributed by atoms with Gasteiger partial charge in [-0.15, -0.1) is 6.42 Å². The summed E-state index contributed by atoms with van der Waals surface area (Å²) in [5.41, 5.74) is 0.696. The summed E-state index contributed by atoms with van der Waals surface area (Å²) in [6.07, 6.45) is 13.4. The number of hydrogen-bond acceptors (Lipinski definition) is 2. The van der Waals surface area contributed by atoms with E-state index in [2.05, 4.69) is 22.8 Å². The smallest absolute Gasteiger partial charge is 0.106 e. The Kier molecular flexibility index (Phi) is 6.67. The van der Waals surface area contributed by atoms with Crippen LogP contribution in [0.15, 0.2) is 29.0 Å². The molecule has 0 fully saturated rings. The molecule has 0 rings (SSSR count). The summed E-state index contributed by atoms with van der Waals surface area (Å²) in [5.74, 6) is 2.48. The van der Waals surface area contributed by atoms with Gasteiger partial charge in [0, 0.05) is 5.57 Å². The zero-order chi connectivity index (χ0) is 9.23. The Morgan fingerprint density at radius 2 is 2.42 bits per heavy atom.